The normalized spacial score (nSPS) is 24.5. The molecule has 1 aliphatic carbocycles. The van der Waals surface area contributed by atoms with Crippen molar-refractivity contribution in [1.29, 1.82) is 5.26 Å². The summed E-state index contributed by atoms with van der Waals surface area (Å²) in [6.07, 6.45) is 10.6. The van der Waals surface area contributed by atoms with Gasteiger partial charge in [-0.2, -0.15) is 15.7 Å². The SMILES string of the molecule is C=S(C)C1=C[C@H](C)C=CC([C@H](C)C#N)=C1. The van der Waals surface area contributed by atoms with Crippen molar-refractivity contribution >= 4 is 16.4 Å². The highest BCUT2D eigenvalue weighted by Gasteiger charge is 2.09. The van der Waals surface area contributed by atoms with Crippen LogP contribution in [0.1, 0.15) is 13.8 Å². The van der Waals surface area contributed by atoms with Crippen LogP contribution in [-0.4, -0.2) is 12.1 Å². The fraction of sp³-hybridized carbons (Fsp3) is 0.385. The molecule has 0 saturated heterocycles. The molecule has 0 aromatic heterocycles. The monoisotopic (exact) mass is 219 g/mol. The molecule has 0 N–H and O–H groups in total. The van der Waals surface area contributed by atoms with Gasteiger partial charge in [0.1, 0.15) is 0 Å². The number of rotatable bonds is 2. The number of hydrogen-bond donors (Lipinski definition) is 0. The van der Waals surface area contributed by atoms with Crippen LogP contribution >= 0.6 is 10.5 Å². The van der Waals surface area contributed by atoms with Crippen LogP contribution in [0.15, 0.2) is 34.8 Å². The zero-order chi connectivity index (χ0) is 11.4. The molecule has 0 spiro atoms. The van der Waals surface area contributed by atoms with Crippen molar-refractivity contribution in [2.24, 2.45) is 11.8 Å². The third-order valence-corrected chi connectivity index (χ3v) is 3.48. The van der Waals surface area contributed by atoms with E-state index in [1.807, 2.05) is 6.92 Å². The minimum absolute atomic E-state index is 0.0123. The van der Waals surface area contributed by atoms with E-state index in [0.29, 0.717) is 5.92 Å². The Morgan fingerprint density at radius 2 is 2.27 bits per heavy atom. The lowest BCUT2D eigenvalue weighted by Gasteiger charge is -2.06. The fourth-order valence-electron chi connectivity index (χ4n) is 1.40. The highest BCUT2D eigenvalue weighted by Crippen LogP contribution is 2.28. The molecule has 0 aromatic carbocycles. The van der Waals surface area contributed by atoms with Crippen LogP contribution in [0.4, 0.5) is 0 Å². The van der Waals surface area contributed by atoms with Gasteiger partial charge < -0.3 is 0 Å². The molecular weight excluding hydrogens is 202 g/mol. The van der Waals surface area contributed by atoms with Gasteiger partial charge in [0.05, 0.1) is 12.0 Å². The molecule has 15 heavy (non-hydrogen) atoms. The molecule has 0 amide bonds. The van der Waals surface area contributed by atoms with E-state index >= 15 is 0 Å². The lowest BCUT2D eigenvalue weighted by molar-refractivity contribution is 0.899. The topological polar surface area (TPSA) is 23.8 Å². The van der Waals surface area contributed by atoms with Gasteiger partial charge in [-0.25, -0.2) is 0 Å². The maximum atomic E-state index is 8.91. The highest BCUT2D eigenvalue weighted by molar-refractivity contribution is 8.17. The second-order valence-electron chi connectivity index (χ2n) is 3.92. The highest BCUT2D eigenvalue weighted by atomic mass is 32.2. The Kier molecular flexibility index (Phi) is 4.11. The van der Waals surface area contributed by atoms with E-state index in [2.05, 4.69) is 49.4 Å². The average Bonchev–Trinajstić information content (AvgIpc) is 2.39. The Hall–Kier alpha value is -1.07. The minimum Gasteiger partial charge on any atom is -0.198 e. The molecule has 1 unspecified atom stereocenters. The van der Waals surface area contributed by atoms with Crippen LogP contribution < -0.4 is 0 Å². The first kappa shape index (κ1) is 12.0. The summed E-state index contributed by atoms with van der Waals surface area (Å²) in [6, 6.07) is 2.27. The predicted molar refractivity (Wildman–Crippen MR) is 69.9 cm³/mol. The molecule has 0 radical (unpaired) electrons. The van der Waals surface area contributed by atoms with Gasteiger partial charge in [-0.1, -0.05) is 31.0 Å². The van der Waals surface area contributed by atoms with Gasteiger partial charge in [-0.15, -0.1) is 0 Å². The molecule has 1 aliphatic rings. The van der Waals surface area contributed by atoms with Gasteiger partial charge >= 0.3 is 0 Å². The van der Waals surface area contributed by atoms with Crippen molar-refractivity contribution in [3.63, 3.8) is 0 Å². The van der Waals surface area contributed by atoms with Gasteiger partial charge in [-0.05, 0) is 35.7 Å². The lowest BCUT2D eigenvalue weighted by Crippen LogP contribution is -1.93. The Bertz CT molecular complexity index is 393. The van der Waals surface area contributed by atoms with E-state index in [-0.39, 0.29) is 16.4 Å². The van der Waals surface area contributed by atoms with Crippen molar-refractivity contribution in [3.05, 3.63) is 34.8 Å². The molecular formula is C13H17NS. The minimum atomic E-state index is -0.0431. The van der Waals surface area contributed by atoms with Gasteiger partial charge in [0, 0.05) is 0 Å². The summed E-state index contributed by atoms with van der Waals surface area (Å²) in [7, 11) is 0.0123. The van der Waals surface area contributed by atoms with Gasteiger partial charge in [0.2, 0.25) is 0 Å². The summed E-state index contributed by atoms with van der Waals surface area (Å²) < 4.78 is 0. The van der Waals surface area contributed by atoms with Gasteiger partial charge in [-0.3, -0.25) is 0 Å². The Morgan fingerprint density at radius 1 is 1.60 bits per heavy atom. The second kappa shape index (κ2) is 5.14. The quantitative estimate of drug-likeness (QED) is 0.652. The van der Waals surface area contributed by atoms with Gasteiger partial charge in [0.25, 0.3) is 0 Å². The Morgan fingerprint density at radius 3 is 2.80 bits per heavy atom. The average molecular weight is 219 g/mol. The zero-order valence-electron chi connectivity index (χ0n) is 9.53. The van der Waals surface area contributed by atoms with E-state index in [1.165, 1.54) is 4.91 Å². The molecule has 0 aromatic rings. The second-order valence-corrected chi connectivity index (χ2v) is 5.67. The molecule has 0 saturated carbocycles. The number of hydrogen-bond acceptors (Lipinski definition) is 1. The third-order valence-electron chi connectivity index (χ3n) is 2.42. The van der Waals surface area contributed by atoms with Crippen LogP contribution in [0, 0.1) is 23.2 Å². The van der Waals surface area contributed by atoms with Crippen molar-refractivity contribution in [3.8, 4) is 6.07 Å². The summed E-state index contributed by atoms with van der Waals surface area (Å²) in [5, 5.41) is 8.91. The Balaban J connectivity index is 3.10. The van der Waals surface area contributed by atoms with Crippen molar-refractivity contribution in [1.82, 2.24) is 0 Å². The smallest absolute Gasteiger partial charge is 0.0700 e. The maximum absolute atomic E-state index is 8.91. The molecule has 0 fully saturated rings. The Labute approximate surface area is 94.7 Å². The maximum Gasteiger partial charge on any atom is 0.0700 e. The van der Waals surface area contributed by atoms with E-state index < -0.39 is 0 Å². The summed E-state index contributed by atoms with van der Waals surface area (Å²) >= 11 is 0. The van der Waals surface area contributed by atoms with E-state index in [0.717, 1.165) is 5.57 Å². The van der Waals surface area contributed by atoms with Crippen LogP contribution in [0.25, 0.3) is 0 Å². The molecule has 0 bridgehead atoms. The van der Waals surface area contributed by atoms with Crippen molar-refractivity contribution in [2.45, 2.75) is 13.8 Å². The van der Waals surface area contributed by atoms with Crippen molar-refractivity contribution < 1.29 is 0 Å². The molecule has 0 aliphatic heterocycles. The predicted octanol–water partition coefficient (Wildman–Crippen LogP) is 3.49. The van der Waals surface area contributed by atoms with Gasteiger partial charge in [0.15, 0.2) is 0 Å². The summed E-state index contributed by atoms with van der Waals surface area (Å²) in [6.45, 7) is 4.08. The first-order valence-corrected chi connectivity index (χ1v) is 6.81. The van der Waals surface area contributed by atoms with E-state index in [9.17, 15) is 0 Å². The number of nitrogens with zero attached hydrogens (tertiary/aromatic N) is 1. The van der Waals surface area contributed by atoms with Crippen LogP contribution in [0.2, 0.25) is 0 Å². The van der Waals surface area contributed by atoms with E-state index in [4.69, 9.17) is 5.26 Å². The van der Waals surface area contributed by atoms with Crippen LogP contribution in [0.3, 0.4) is 0 Å². The lowest BCUT2D eigenvalue weighted by atomic mass is 10.0. The molecule has 1 nitrogen and oxygen atoms in total. The van der Waals surface area contributed by atoms with Crippen molar-refractivity contribution in [2.75, 3.05) is 6.26 Å². The zero-order valence-corrected chi connectivity index (χ0v) is 10.3. The first-order chi connectivity index (χ1) is 7.04. The largest absolute Gasteiger partial charge is 0.198 e. The summed E-state index contributed by atoms with van der Waals surface area (Å²) in [5.74, 6) is 4.45. The fourth-order valence-corrected chi connectivity index (χ4v) is 2.18. The summed E-state index contributed by atoms with van der Waals surface area (Å²) in [5.41, 5.74) is 1.09. The number of nitriles is 1. The number of allylic oxidation sites excluding steroid dienone is 5. The standard InChI is InChI=1S/C13H17NS/c1-10-5-6-12(11(2)9-14)8-13(7-10)15(3)4/h5-8,10-11H,3H2,1-2,4H3/t10-,11-,15?/m1/s1. The molecule has 2 heteroatoms. The van der Waals surface area contributed by atoms with Crippen LogP contribution in [-0.2, 0) is 0 Å². The molecule has 1 rings (SSSR count). The summed E-state index contributed by atoms with van der Waals surface area (Å²) in [4.78, 5) is 1.25. The first-order valence-electron chi connectivity index (χ1n) is 5.01. The molecule has 80 valence electrons. The molecule has 3 atom stereocenters. The van der Waals surface area contributed by atoms with Crippen LogP contribution in [0.5, 0.6) is 0 Å². The van der Waals surface area contributed by atoms with E-state index in [1.54, 1.807) is 0 Å². The third kappa shape index (κ3) is 3.21. The molecule has 0 heterocycles.